The number of hydrogen-bond donors (Lipinski definition) is 2. The average molecular weight is 475 g/mol. The molecular formula is C24H21N5O6. The number of nitrogens with one attached hydrogen (secondary N) is 2. The number of urea groups is 1. The van der Waals surface area contributed by atoms with Gasteiger partial charge in [0.05, 0.1) is 13.7 Å². The van der Waals surface area contributed by atoms with Gasteiger partial charge in [-0.3, -0.25) is 24.6 Å². The number of hydrogen-bond acceptors (Lipinski definition) is 7. The Hall–Kier alpha value is -4.41. The highest BCUT2D eigenvalue weighted by molar-refractivity contribution is 6.08. The number of benzene rings is 1. The maximum Gasteiger partial charge on any atom is 0.322 e. The van der Waals surface area contributed by atoms with E-state index in [4.69, 9.17) is 9.15 Å². The Morgan fingerprint density at radius 1 is 1.17 bits per heavy atom. The van der Waals surface area contributed by atoms with Gasteiger partial charge in [0.2, 0.25) is 5.91 Å². The van der Waals surface area contributed by atoms with E-state index in [0.717, 1.165) is 12.0 Å². The van der Waals surface area contributed by atoms with E-state index in [2.05, 4.69) is 15.6 Å². The van der Waals surface area contributed by atoms with Crippen LogP contribution >= 0.6 is 0 Å². The van der Waals surface area contributed by atoms with E-state index in [1.165, 1.54) is 12.0 Å². The van der Waals surface area contributed by atoms with Crippen LogP contribution in [0.3, 0.4) is 0 Å². The van der Waals surface area contributed by atoms with Crippen LogP contribution < -0.4 is 20.3 Å². The predicted octanol–water partition coefficient (Wildman–Crippen LogP) is 1.65. The lowest BCUT2D eigenvalue weighted by Crippen LogP contribution is -2.52. The van der Waals surface area contributed by atoms with E-state index in [1.54, 1.807) is 41.4 Å². The molecule has 0 saturated carbocycles. The normalized spacial score (nSPS) is 21.6. The topological polar surface area (TPSA) is 134 Å². The minimum atomic E-state index is -1.62. The maximum atomic E-state index is 13.2. The first-order valence-electron chi connectivity index (χ1n) is 11.2. The third-order valence-corrected chi connectivity index (χ3v) is 6.72. The average Bonchev–Trinajstić information content (AvgIpc) is 3.60. The second-order valence-corrected chi connectivity index (χ2v) is 8.84. The fraction of sp³-hybridized carbons (Fsp3) is 0.292. The summed E-state index contributed by atoms with van der Waals surface area (Å²) in [6.07, 6.45) is 2.79. The van der Waals surface area contributed by atoms with E-state index in [0.29, 0.717) is 41.1 Å². The molecule has 178 valence electrons. The molecule has 0 aliphatic carbocycles. The molecule has 0 radical (unpaired) electrons. The molecule has 2 fully saturated rings. The van der Waals surface area contributed by atoms with E-state index in [1.807, 2.05) is 0 Å². The lowest BCUT2D eigenvalue weighted by atomic mass is 9.95. The molecule has 2 N–H and O–H groups in total. The largest absolute Gasteiger partial charge is 0.497 e. The van der Waals surface area contributed by atoms with Crippen molar-refractivity contribution in [2.75, 3.05) is 25.1 Å². The van der Waals surface area contributed by atoms with Crippen LogP contribution in [0.15, 0.2) is 40.9 Å². The van der Waals surface area contributed by atoms with Crippen LogP contribution in [0.4, 0.5) is 10.6 Å². The van der Waals surface area contributed by atoms with Crippen molar-refractivity contribution in [2.24, 2.45) is 0 Å². The van der Waals surface area contributed by atoms with Gasteiger partial charge in [-0.25, -0.2) is 9.78 Å². The number of carbonyl (C=O) groups excluding carboxylic acids is 4. The second kappa shape index (κ2) is 7.55. The summed E-state index contributed by atoms with van der Waals surface area (Å²) in [7, 11) is 1.52. The molecular weight excluding hydrogens is 454 g/mol. The lowest BCUT2D eigenvalue weighted by molar-refractivity contribution is -0.125. The number of ether oxygens (including phenoxy) is 1. The van der Waals surface area contributed by atoms with Gasteiger partial charge in [0.25, 0.3) is 11.8 Å². The fourth-order valence-corrected chi connectivity index (χ4v) is 4.91. The first-order valence-corrected chi connectivity index (χ1v) is 11.2. The highest BCUT2D eigenvalue weighted by Gasteiger charge is 2.53. The van der Waals surface area contributed by atoms with Crippen molar-refractivity contribution in [1.82, 2.24) is 20.5 Å². The third kappa shape index (κ3) is 3.22. The fourth-order valence-electron chi connectivity index (χ4n) is 4.91. The smallest absolute Gasteiger partial charge is 0.322 e. The SMILES string of the molecule is COc1ccc2c(c1)C(=O)N(CC1(c3cc4cnc(N5CCCC5=O)cc4o3)NC(=O)NC1=O)C2. The maximum absolute atomic E-state index is 13.2. The Morgan fingerprint density at radius 3 is 2.74 bits per heavy atom. The summed E-state index contributed by atoms with van der Waals surface area (Å²) in [5.74, 6) is 0.285. The predicted molar refractivity (Wildman–Crippen MR) is 122 cm³/mol. The van der Waals surface area contributed by atoms with Gasteiger partial charge in [-0.15, -0.1) is 0 Å². The molecule has 1 unspecified atom stereocenters. The molecule has 0 spiro atoms. The van der Waals surface area contributed by atoms with Gasteiger partial charge in [0.15, 0.2) is 5.54 Å². The molecule has 11 nitrogen and oxygen atoms in total. The van der Waals surface area contributed by atoms with Gasteiger partial charge in [-0.05, 0) is 30.2 Å². The van der Waals surface area contributed by atoms with Gasteiger partial charge >= 0.3 is 6.03 Å². The highest BCUT2D eigenvalue weighted by atomic mass is 16.5. The molecule has 2 aromatic heterocycles. The number of fused-ring (bicyclic) bond motifs is 2. The summed E-state index contributed by atoms with van der Waals surface area (Å²) >= 11 is 0. The van der Waals surface area contributed by atoms with Crippen LogP contribution in [0.5, 0.6) is 5.75 Å². The van der Waals surface area contributed by atoms with E-state index < -0.39 is 17.5 Å². The summed E-state index contributed by atoms with van der Waals surface area (Å²) in [5.41, 5.74) is 0.0720. The Kier molecular flexibility index (Phi) is 4.56. The number of furan rings is 1. The molecule has 1 atom stereocenters. The Bertz CT molecular complexity index is 1430. The van der Waals surface area contributed by atoms with E-state index in [-0.39, 0.29) is 30.7 Å². The zero-order chi connectivity index (χ0) is 24.3. The number of carbonyl (C=O) groups is 4. The van der Waals surface area contributed by atoms with Crippen molar-refractivity contribution in [1.29, 1.82) is 0 Å². The van der Waals surface area contributed by atoms with Crippen molar-refractivity contribution in [3.05, 3.63) is 53.4 Å². The summed E-state index contributed by atoms with van der Waals surface area (Å²) < 4.78 is 11.3. The number of amides is 5. The number of nitrogens with zero attached hydrogens (tertiary/aromatic N) is 3. The minimum Gasteiger partial charge on any atom is -0.497 e. The Labute approximate surface area is 199 Å². The molecule has 3 aromatic rings. The van der Waals surface area contributed by atoms with Crippen LogP contribution in [0.2, 0.25) is 0 Å². The Morgan fingerprint density at radius 2 is 2.03 bits per heavy atom. The first kappa shape index (κ1) is 21.1. The molecule has 35 heavy (non-hydrogen) atoms. The van der Waals surface area contributed by atoms with Gasteiger partial charge < -0.3 is 19.4 Å². The second-order valence-electron chi connectivity index (χ2n) is 8.84. The molecule has 2 saturated heterocycles. The van der Waals surface area contributed by atoms with Gasteiger partial charge in [-0.1, -0.05) is 6.07 Å². The van der Waals surface area contributed by atoms with Gasteiger partial charge in [0.1, 0.15) is 22.9 Å². The van der Waals surface area contributed by atoms with Crippen LogP contribution in [0.1, 0.15) is 34.5 Å². The zero-order valence-electron chi connectivity index (χ0n) is 18.8. The monoisotopic (exact) mass is 475 g/mol. The highest BCUT2D eigenvalue weighted by Crippen LogP contribution is 2.35. The number of anilines is 1. The van der Waals surface area contributed by atoms with Crippen molar-refractivity contribution < 1.29 is 28.3 Å². The number of methoxy groups -OCH3 is 1. The van der Waals surface area contributed by atoms with Crippen molar-refractivity contribution in [3.8, 4) is 5.75 Å². The summed E-state index contributed by atoms with van der Waals surface area (Å²) in [4.78, 5) is 58.1. The molecule has 6 rings (SSSR count). The van der Waals surface area contributed by atoms with Crippen molar-refractivity contribution in [3.63, 3.8) is 0 Å². The number of rotatable bonds is 5. The standard InChI is InChI=1S/C24H21N5O6/c1-34-15-5-4-13-11-28(21(31)16(13)8-15)12-24(22(32)26-23(33)27-24)18-7-14-10-25-19(9-17(14)35-18)29-6-2-3-20(29)30/h4-5,7-10H,2-3,6,11-12H2,1H3,(H2,26,27,32,33). The van der Waals surface area contributed by atoms with Crippen LogP contribution in [-0.2, 0) is 21.7 Å². The third-order valence-electron chi connectivity index (χ3n) is 6.72. The Balaban J connectivity index is 1.37. The molecule has 1 aromatic carbocycles. The molecule has 11 heteroatoms. The van der Waals surface area contributed by atoms with E-state index in [9.17, 15) is 19.2 Å². The first-order chi connectivity index (χ1) is 16.9. The van der Waals surface area contributed by atoms with Crippen molar-refractivity contribution in [2.45, 2.75) is 24.9 Å². The molecule has 3 aliphatic heterocycles. The number of pyridine rings is 1. The molecule has 3 aliphatic rings. The van der Waals surface area contributed by atoms with Crippen molar-refractivity contribution >= 4 is 40.5 Å². The number of imide groups is 1. The van der Waals surface area contributed by atoms with Gasteiger partial charge in [-0.2, -0.15) is 0 Å². The van der Waals surface area contributed by atoms with Crippen LogP contribution in [-0.4, -0.2) is 53.8 Å². The number of aromatic nitrogens is 1. The zero-order valence-corrected chi connectivity index (χ0v) is 18.8. The van der Waals surface area contributed by atoms with E-state index >= 15 is 0 Å². The van der Waals surface area contributed by atoms with Crippen LogP contribution in [0, 0.1) is 0 Å². The van der Waals surface area contributed by atoms with Crippen LogP contribution in [0.25, 0.3) is 11.0 Å². The molecule has 5 amide bonds. The van der Waals surface area contributed by atoms with Gasteiger partial charge in [0, 0.05) is 42.7 Å². The molecule has 0 bridgehead atoms. The lowest BCUT2D eigenvalue weighted by Gasteiger charge is -2.29. The molecule has 5 heterocycles. The quantitative estimate of drug-likeness (QED) is 0.536. The summed E-state index contributed by atoms with van der Waals surface area (Å²) in [6, 6.07) is 7.83. The summed E-state index contributed by atoms with van der Waals surface area (Å²) in [6.45, 7) is 0.715. The minimum absolute atomic E-state index is 0.00808. The summed E-state index contributed by atoms with van der Waals surface area (Å²) in [5, 5.41) is 5.54.